The first-order valence-electron chi connectivity index (χ1n) is 16.7. The Hall–Kier alpha value is -0.130. The van der Waals surface area contributed by atoms with Crippen molar-refractivity contribution in [1.29, 1.82) is 0 Å². The summed E-state index contributed by atoms with van der Waals surface area (Å²) in [5.41, 5.74) is 0. The number of hydrogen-bond acceptors (Lipinski definition) is 4. The number of halogens is 1. The molecule has 0 spiro atoms. The maximum absolute atomic E-state index is 12.1. The molecule has 0 aromatic rings. The van der Waals surface area contributed by atoms with Gasteiger partial charge in [-0.15, -0.1) is 0 Å². The van der Waals surface area contributed by atoms with E-state index in [0.717, 1.165) is 50.6 Å². The van der Waals surface area contributed by atoms with Crippen molar-refractivity contribution in [3.8, 4) is 0 Å². The van der Waals surface area contributed by atoms with Gasteiger partial charge in [-0.1, -0.05) is 146 Å². The third kappa shape index (κ3) is 33.9. The Bertz CT molecular complexity index is 409. The number of esters is 1. The second-order valence-electron chi connectivity index (χ2n) is 10.3. The van der Waals surface area contributed by atoms with Crippen LogP contribution in [0.4, 0.5) is 0 Å². The molecule has 0 radical (unpaired) electrons. The molecule has 4 nitrogen and oxygen atoms in total. The van der Waals surface area contributed by atoms with Gasteiger partial charge in [0.2, 0.25) is 0 Å². The zero-order chi connectivity index (χ0) is 28.4. The molecule has 0 atom stereocenters. The maximum atomic E-state index is 12.1. The van der Waals surface area contributed by atoms with Crippen LogP contribution < -0.4 is 0 Å². The summed E-state index contributed by atoms with van der Waals surface area (Å²) in [4.78, 5) is 12.1. The molecule has 0 aliphatic heterocycles. The first kappa shape index (κ1) is 40.0. The predicted octanol–water partition coefficient (Wildman–Crippen LogP) is 11.3. The summed E-state index contributed by atoms with van der Waals surface area (Å²) in [6.07, 6.45) is 27.3. The first-order valence-corrected chi connectivity index (χ1v) is 17.8. The zero-order valence-electron chi connectivity index (χ0n) is 26.2. The van der Waals surface area contributed by atoms with E-state index in [-0.39, 0.29) is 12.3 Å². The number of alkyl halides is 1. The van der Waals surface area contributed by atoms with Crippen LogP contribution in [0.5, 0.6) is 0 Å². The Morgan fingerprint density at radius 1 is 0.553 bits per heavy atom. The van der Waals surface area contributed by atoms with E-state index in [9.17, 15) is 4.79 Å². The maximum Gasteiger partial charge on any atom is 0.305 e. The first-order chi connectivity index (χ1) is 18.7. The van der Waals surface area contributed by atoms with Crippen LogP contribution >= 0.6 is 15.9 Å². The van der Waals surface area contributed by atoms with Crippen molar-refractivity contribution in [2.45, 2.75) is 182 Å². The third-order valence-electron chi connectivity index (χ3n) is 6.73. The molecule has 230 valence electrons. The van der Waals surface area contributed by atoms with Crippen LogP contribution in [0.15, 0.2) is 0 Å². The lowest BCUT2D eigenvalue weighted by Gasteiger charge is -2.18. The zero-order valence-corrected chi connectivity index (χ0v) is 27.8. The van der Waals surface area contributed by atoms with Gasteiger partial charge in [-0.3, -0.25) is 4.79 Å². The van der Waals surface area contributed by atoms with E-state index in [1.54, 1.807) is 0 Å². The van der Waals surface area contributed by atoms with E-state index in [1.807, 2.05) is 13.8 Å². The lowest BCUT2D eigenvalue weighted by Crippen LogP contribution is -2.21. The number of ether oxygens (including phenoxy) is 3. The lowest BCUT2D eigenvalue weighted by molar-refractivity contribution is -0.159. The van der Waals surface area contributed by atoms with E-state index in [4.69, 9.17) is 14.2 Å². The number of unbranched alkanes of at least 4 members (excludes halogenated alkanes) is 18. The molecule has 0 fully saturated rings. The molecule has 5 heteroatoms. The number of carbonyl (C=O) groups excluding carboxylic acids is 1. The molecule has 38 heavy (non-hydrogen) atoms. The van der Waals surface area contributed by atoms with Gasteiger partial charge in [0.15, 0.2) is 6.29 Å². The molecule has 0 saturated carbocycles. The van der Waals surface area contributed by atoms with Crippen molar-refractivity contribution in [3.63, 3.8) is 0 Å². The van der Waals surface area contributed by atoms with E-state index in [0.29, 0.717) is 19.4 Å². The molecule has 0 saturated heterocycles. The quantitative estimate of drug-likeness (QED) is 0.0353. The molecule has 0 heterocycles. The minimum Gasteiger partial charge on any atom is -0.466 e. The van der Waals surface area contributed by atoms with Gasteiger partial charge in [-0.25, -0.2) is 0 Å². The van der Waals surface area contributed by atoms with E-state index in [2.05, 4.69) is 29.8 Å². The summed E-state index contributed by atoms with van der Waals surface area (Å²) < 4.78 is 17.5. The highest BCUT2D eigenvalue weighted by Crippen LogP contribution is 2.13. The van der Waals surface area contributed by atoms with Crippen molar-refractivity contribution < 1.29 is 19.0 Å². The average Bonchev–Trinajstić information content (AvgIpc) is 2.94. The smallest absolute Gasteiger partial charge is 0.305 e. The topological polar surface area (TPSA) is 44.8 Å². The van der Waals surface area contributed by atoms with Crippen molar-refractivity contribution >= 4 is 21.9 Å². The second-order valence-corrected chi connectivity index (χ2v) is 11.1. The SMILES string of the molecule is CC.CCCCCCCCCCCOC(CCC(=O)OCCCCCBr)OCCCCCCCCCCC. The van der Waals surface area contributed by atoms with Crippen LogP contribution in [0.2, 0.25) is 0 Å². The highest BCUT2D eigenvalue weighted by atomic mass is 79.9. The molecule has 0 amide bonds. The Morgan fingerprint density at radius 2 is 0.921 bits per heavy atom. The van der Waals surface area contributed by atoms with Crippen molar-refractivity contribution in [2.24, 2.45) is 0 Å². The Labute approximate surface area is 247 Å². The summed E-state index contributed by atoms with van der Waals surface area (Å²) in [5.74, 6) is -0.128. The van der Waals surface area contributed by atoms with Gasteiger partial charge in [-0.05, 0) is 32.1 Å². The summed E-state index contributed by atoms with van der Waals surface area (Å²) >= 11 is 3.43. The fraction of sp³-hybridized carbons (Fsp3) is 0.970. The summed E-state index contributed by atoms with van der Waals surface area (Å²) in [6, 6.07) is 0. The molecule has 0 aromatic carbocycles. The summed E-state index contributed by atoms with van der Waals surface area (Å²) in [7, 11) is 0. The predicted molar refractivity (Wildman–Crippen MR) is 169 cm³/mol. The van der Waals surface area contributed by atoms with Crippen molar-refractivity contribution in [1.82, 2.24) is 0 Å². The van der Waals surface area contributed by atoms with Gasteiger partial charge in [0, 0.05) is 25.0 Å². The molecular formula is C33H67BrO4. The van der Waals surface area contributed by atoms with Crippen LogP contribution in [-0.2, 0) is 19.0 Å². The number of carbonyl (C=O) groups is 1. The van der Waals surface area contributed by atoms with Crippen molar-refractivity contribution in [3.05, 3.63) is 0 Å². The van der Waals surface area contributed by atoms with Crippen LogP contribution in [0.3, 0.4) is 0 Å². The molecular weight excluding hydrogens is 540 g/mol. The van der Waals surface area contributed by atoms with Gasteiger partial charge in [0.1, 0.15) is 0 Å². The largest absolute Gasteiger partial charge is 0.466 e. The summed E-state index contributed by atoms with van der Waals surface area (Å²) in [6.45, 7) is 10.5. The number of hydrogen-bond donors (Lipinski definition) is 0. The van der Waals surface area contributed by atoms with E-state index in [1.165, 1.54) is 103 Å². The van der Waals surface area contributed by atoms with E-state index < -0.39 is 0 Å². The van der Waals surface area contributed by atoms with Crippen LogP contribution in [0.25, 0.3) is 0 Å². The molecule has 0 rings (SSSR count). The van der Waals surface area contributed by atoms with Gasteiger partial charge >= 0.3 is 5.97 Å². The van der Waals surface area contributed by atoms with E-state index >= 15 is 0 Å². The summed E-state index contributed by atoms with van der Waals surface area (Å²) in [5, 5.41) is 1.01. The minimum atomic E-state index is -0.283. The van der Waals surface area contributed by atoms with Crippen LogP contribution in [-0.4, -0.2) is 37.4 Å². The van der Waals surface area contributed by atoms with Crippen LogP contribution in [0, 0.1) is 0 Å². The highest BCUT2D eigenvalue weighted by Gasteiger charge is 2.13. The highest BCUT2D eigenvalue weighted by molar-refractivity contribution is 9.09. The Morgan fingerprint density at radius 3 is 1.34 bits per heavy atom. The molecule has 0 bridgehead atoms. The molecule has 0 aromatic heterocycles. The standard InChI is InChI=1S/C31H61BrO4.C2H6/c1-3-5-7-9-11-13-15-17-21-28-35-31(25-24-30(33)34-27-23-19-20-26-32)36-29-22-18-16-14-12-10-8-6-4-2;1-2/h31H,3-29H2,1-2H3;1-2H3. The monoisotopic (exact) mass is 606 g/mol. The molecule has 0 N–H and O–H groups in total. The van der Waals surface area contributed by atoms with Gasteiger partial charge < -0.3 is 14.2 Å². The average molecular weight is 608 g/mol. The van der Waals surface area contributed by atoms with Gasteiger partial charge in [0.25, 0.3) is 0 Å². The normalized spacial score (nSPS) is 11.0. The number of rotatable bonds is 30. The minimum absolute atomic E-state index is 0.128. The van der Waals surface area contributed by atoms with Crippen LogP contribution in [0.1, 0.15) is 175 Å². The lowest BCUT2D eigenvalue weighted by atomic mass is 10.1. The third-order valence-corrected chi connectivity index (χ3v) is 7.29. The Kier molecular flexibility index (Phi) is 38.8. The fourth-order valence-electron chi connectivity index (χ4n) is 4.34. The fourth-order valence-corrected chi connectivity index (χ4v) is 4.73. The van der Waals surface area contributed by atoms with Crippen molar-refractivity contribution in [2.75, 3.05) is 25.2 Å². The Balaban J connectivity index is 0. The molecule has 0 aliphatic rings. The molecule has 0 unspecified atom stereocenters. The van der Waals surface area contributed by atoms with Gasteiger partial charge in [-0.2, -0.15) is 0 Å². The second kappa shape index (κ2) is 36.9. The van der Waals surface area contributed by atoms with Gasteiger partial charge in [0.05, 0.1) is 13.0 Å². The molecule has 0 aliphatic carbocycles.